The van der Waals surface area contributed by atoms with Crippen molar-refractivity contribution in [1.29, 1.82) is 0 Å². The van der Waals surface area contributed by atoms with Crippen molar-refractivity contribution in [3.05, 3.63) is 143 Å². The van der Waals surface area contributed by atoms with E-state index in [1.807, 2.05) is 126 Å². The monoisotopic (exact) mass is 573 g/mol. The molecule has 6 heteroatoms. The molecule has 1 unspecified atom stereocenters. The molecule has 4 aromatic carbocycles. The van der Waals surface area contributed by atoms with Gasteiger partial charge in [-0.1, -0.05) is 91.7 Å². The van der Waals surface area contributed by atoms with Gasteiger partial charge in [-0.15, -0.1) is 0 Å². The number of fused-ring (bicyclic) bond motifs is 3. The van der Waals surface area contributed by atoms with E-state index in [4.69, 9.17) is 11.6 Å². The Morgan fingerprint density at radius 1 is 0.762 bits per heavy atom. The van der Waals surface area contributed by atoms with Crippen molar-refractivity contribution in [2.24, 2.45) is 0 Å². The summed E-state index contributed by atoms with van der Waals surface area (Å²) in [6.45, 7) is 2.56. The number of rotatable bonds is 8. The van der Waals surface area contributed by atoms with Gasteiger partial charge < -0.3 is 9.47 Å². The van der Waals surface area contributed by atoms with E-state index >= 15 is 0 Å². The molecule has 2 heterocycles. The number of benzene rings is 4. The first-order valence-electron chi connectivity index (χ1n) is 14.3. The van der Waals surface area contributed by atoms with Gasteiger partial charge >= 0.3 is 0 Å². The van der Waals surface area contributed by atoms with Gasteiger partial charge in [0.15, 0.2) is 0 Å². The number of carbonyl (C=O) groups excluding carboxylic acids is 2. The Bertz CT molecular complexity index is 1690. The molecule has 0 N–H and O–H groups in total. The topological polar surface area (TPSA) is 45.6 Å². The maximum Gasteiger partial charge on any atom is 0.254 e. The van der Waals surface area contributed by atoms with Gasteiger partial charge in [-0.25, -0.2) is 0 Å². The summed E-state index contributed by atoms with van der Waals surface area (Å²) in [5.41, 5.74) is 6.37. The minimum atomic E-state index is -0.368. The smallest absolute Gasteiger partial charge is 0.254 e. The number of para-hydroxylation sites is 2. The van der Waals surface area contributed by atoms with E-state index in [9.17, 15) is 9.59 Å². The molecule has 210 valence electrons. The predicted octanol–water partition coefficient (Wildman–Crippen LogP) is 8.18. The van der Waals surface area contributed by atoms with Crippen LogP contribution in [-0.2, 0) is 4.79 Å². The second kappa shape index (κ2) is 12.1. The lowest BCUT2D eigenvalue weighted by Gasteiger charge is -2.39. The lowest BCUT2D eigenvalue weighted by atomic mass is 9.97. The van der Waals surface area contributed by atoms with Crippen LogP contribution < -0.4 is 4.90 Å². The van der Waals surface area contributed by atoms with E-state index in [0.717, 1.165) is 46.6 Å². The molecule has 5 aromatic rings. The summed E-state index contributed by atoms with van der Waals surface area (Å²) in [6, 6.07) is 36.9. The Morgan fingerprint density at radius 3 is 2.14 bits per heavy atom. The van der Waals surface area contributed by atoms with Crippen molar-refractivity contribution in [2.45, 2.75) is 25.8 Å². The second-order valence-electron chi connectivity index (χ2n) is 10.5. The number of amides is 2. The van der Waals surface area contributed by atoms with Gasteiger partial charge in [0.1, 0.15) is 12.6 Å². The van der Waals surface area contributed by atoms with E-state index in [0.29, 0.717) is 17.1 Å². The highest BCUT2D eigenvalue weighted by Gasteiger charge is 2.37. The largest absolute Gasteiger partial charge is 0.329 e. The Labute approximate surface area is 251 Å². The van der Waals surface area contributed by atoms with Crippen LogP contribution in [0.4, 0.5) is 5.69 Å². The number of hydrogen-bond acceptors (Lipinski definition) is 2. The number of anilines is 1. The van der Waals surface area contributed by atoms with Crippen molar-refractivity contribution >= 4 is 29.1 Å². The van der Waals surface area contributed by atoms with Gasteiger partial charge in [0.05, 0.1) is 17.1 Å². The Kier molecular flexibility index (Phi) is 7.93. The molecule has 42 heavy (non-hydrogen) atoms. The summed E-state index contributed by atoms with van der Waals surface area (Å²) in [4.78, 5) is 31.8. The number of carbonyl (C=O) groups is 2. The Hall–Kier alpha value is -4.61. The third-order valence-electron chi connectivity index (χ3n) is 7.81. The zero-order valence-electron chi connectivity index (χ0n) is 23.5. The molecule has 1 aromatic heterocycles. The highest BCUT2D eigenvalue weighted by Crippen LogP contribution is 2.42. The highest BCUT2D eigenvalue weighted by molar-refractivity contribution is 6.30. The van der Waals surface area contributed by atoms with E-state index in [1.165, 1.54) is 0 Å². The molecule has 0 spiro atoms. The average Bonchev–Trinajstić information content (AvgIpc) is 3.53. The van der Waals surface area contributed by atoms with Crippen molar-refractivity contribution in [2.75, 3.05) is 18.0 Å². The van der Waals surface area contributed by atoms with Crippen LogP contribution in [0, 0.1) is 0 Å². The van der Waals surface area contributed by atoms with E-state index in [-0.39, 0.29) is 24.4 Å². The zero-order valence-corrected chi connectivity index (χ0v) is 24.2. The van der Waals surface area contributed by atoms with Crippen LogP contribution in [-0.4, -0.2) is 34.4 Å². The van der Waals surface area contributed by atoms with E-state index in [2.05, 4.69) is 11.5 Å². The predicted molar refractivity (Wildman–Crippen MR) is 169 cm³/mol. The summed E-state index contributed by atoms with van der Waals surface area (Å²) in [5, 5.41) is 0.637. The lowest BCUT2D eigenvalue weighted by molar-refractivity contribution is -0.119. The standard InChI is InChI=1S/C36H32ClN3O2/c1-2-3-23-38(36(42)29-17-15-27(16-18-29)26-10-5-4-6-11-26)25-34(41)40-32-13-8-7-12-31(32)39-24-9-14-33(39)35(40)28-19-21-30(37)22-20-28/h4-22,24,35H,2-3,23,25H2,1H3. The van der Waals surface area contributed by atoms with Crippen LogP contribution in [0.15, 0.2) is 121 Å². The molecule has 2 amide bonds. The zero-order chi connectivity index (χ0) is 29.1. The molecule has 0 fully saturated rings. The molecule has 0 saturated carbocycles. The molecule has 0 aliphatic carbocycles. The SMILES string of the molecule is CCCCN(CC(=O)N1c2ccccc2-n2cccc2C1c1ccc(Cl)cc1)C(=O)c1ccc(-c2ccccc2)cc1. The second-order valence-corrected chi connectivity index (χ2v) is 11.0. The van der Waals surface area contributed by atoms with Crippen molar-refractivity contribution in [1.82, 2.24) is 9.47 Å². The van der Waals surface area contributed by atoms with Crippen LogP contribution >= 0.6 is 11.6 Å². The maximum absolute atomic E-state index is 14.4. The number of nitrogens with zero attached hydrogens (tertiary/aromatic N) is 3. The van der Waals surface area contributed by atoms with Gasteiger partial charge in [-0.05, 0) is 71.6 Å². The van der Waals surface area contributed by atoms with Gasteiger partial charge in [0, 0.05) is 23.3 Å². The van der Waals surface area contributed by atoms with Crippen molar-refractivity contribution in [3.8, 4) is 16.8 Å². The minimum absolute atomic E-state index is 0.0294. The number of unbranched alkanes of at least 4 members (excludes halogenated alkanes) is 1. The molecular weight excluding hydrogens is 542 g/mol. The highest BCUT2D eigenvalue weighted by atomic mass is 35.5. The third-order valence-corrected chi connectivity index (χ3v) is 8.06. The molecule has 6 rings (SSSR count). The van der Waals surface area contributed by atoms with Crippen LogP contribution in [0.5, 0.6) is 0 Å². The molecule has 0 bridgehead atoms. The number of halogens is 1. The molecular formula is C36H32ClN3O2. The van der Waals surface area contributed by atoms with Gasteiger partial charge in [0.2, 0.25) is 5.91 Å². The first kappa shape index (κ1) is 27.6. The molecule has 1 aliphatic rings. The fourth-order valence-corrected chi connectivity index (χ4v) is 5.81. The van der Waals surface area contributed by atoms with Gasteiger partial charge in [-0.3, -0.25) is 14.5 Å². The summed E-state index contributed by atoms with van der Waals surface area (Å²) >= 11 is 6.23. The Morgan fingerprint density at radius 2 is 1.43 bits per heavy atom. The molecule has 0 radical (unpaired) electrons. The third kappa shape index (κ3) is 5.36. The van der Waals surface area contributed by atoms with Crippen LogP contribution in [0.1, 0.15) is 47.4 Å². The van der Waals surface area contributed by atoms with Crippen LogP contribution in [0.25, 0.3) is 16.8 Å². The van der Waals surface area contributed by atoms with Crippen LogP contribution in [0.3, 0.4) is 0 Å². The summed E-state index contributed by atoms with van der Waals surface area (Å²) < 4.78 is 2.13. The van der Waals surface area contributed by atoms with Gasteiger partial charge in [-0.2, -0.15) is 0 Å². The number of hydrogen-bond donors (Lipinski definition) is 0. The maximum atomic E-state index is 14.4. The van der Waals surface area contributed by atoms with E-state index < -0.39 is 0 Å². The fourth-order valence-electron chi connectivity index (χ4n) is 5.68. The first-order valence-corrected chi connectivity index (χ1v) is 14.7. The summed E-state index contributed by atoms with van der Waals surface area (Å²) in [6.07, 6.45) is 3.74. The first-order chi connectivity index (χ1) is 20.5. The molecule has 1 atom stereocenters. The van der Waals surface area contributed by atoms with Crippen molar-refractivity contribution < 1.29 is 9.59 Å². The molecule has 5 nitrogen and oxygen atoms in total. The average molecular weight is 574 g/mol. The fraction of sp³-hybridized carbons (Fsp3) is 0.167. The normalized spacial score (nSPS) is 13.8. The summed E-state index contributed by atoms with van der Waals surface area (Å²) in [7, 11) is 0. The van der Waals surface area contributed by atoms with Crippen LogP contribution in [0.2, 0.25) is 5.02 Å². The molecule has 1 aliphatic heterocycles. The lowest BCUT2D eigenvalue weighted by Crippen LogP contribution is -2.47. The summed E-state index contributed by atoms with van der Waals surface area (Å²) in [5.74, 6) is -0.284. The molecule has 0 saturated heterocycles. The van der Waals surface area contributed by atoms with Gasteiger partial charge in [0.25, 0.3) is 5.91 Å². The number of aromatic nitrogens is 1. The Balaban J connectivity index is 1.34. The van der Waals surface area contributed by atoms with Crippen molar-refractivity contribution in [3.63, 3.8) is 0 Å². The quantitative estimate of drug-likeness (QED) is 0.188. The van der Waals surface area contributed by atoms with E-state index in [1.54, 1.807) is 4.90 Å². The minimum Gasteiger partial charge on any atom is -0.329 e.